The van der Waals surface area contributed by atoms with E-state index < -0.39 is 0 Å². The molecule has 0 heterocycles. The molecule has 0 saturated heterocycles. The van der Waals surface area contributed by atoms with E-state index in [1.165, 1.54) is 24.0 Å². The molecule has 0 unspecified atom stereocenters. The highest BCUT2D eigenvalue weighted by Crippen LogP contribution is 2.27. The van der Waals surface area contributed by atoms with Crippen LogP contribution in [0.4, 0.5) is 0 Å². The summed E-state index contributed by atoms with van der Waals surface area (Å²) in [7, 11) is 0. The maximum Gasteiger partial charge on any atom is 0.233 e. The Balaban J connectivity index is 1.58. The van der Waals surface area contributed by atoms with Crippen molar-refractivity contribution in [3.63, 3.8) is 0 Å². The fourth-order valence-electron chi connectivity index (χ4n) is 2.15. The second-order valence-corrected chi connectivity index (χ2v) is 6.07. The number of carbonyl (C=O) groups excluding carboxylic acids is 1. The van der Waals surface area contributed by atoms with Crippen molar-refractivity contribution >= 4 is 5.91 Å². The fraction of sp³-hybridized carbons (Fsp3) is 0.588. The second-order valence-electron chi connectivity index (χ2n) is 6.07. The van der Waals surface area contributed by atoms with Crippen molar-refractivity contribution in [2.24, 2.45) is 5.92 Å². The number of rotatable bonds is 8. The van der Waals surface area contributed by atoms with E-state index in [9.17, 15) is 4.79 Å². The van der Waals surface area contributed by atoms with Gasteiger partial charge in [-0.15, -0.1) is 0 Å². The average Bonchev–Trinajstić information content (AvgIpc) is 3.26. The highest BCUT2D eigenvalue weighted by atomic mass is 16.1. The van der Waals surface area contributed by atoms with E-state index in [0.29, 0.717) is 12.5 Å². The van der Waals surface area contributed by atoms with Gasteiger partial charge in [0.15, 0.2) is 0 Å². The minimum Gasteiger partial charge on any atom is -0.355 e. The minimum absolute atomic E-state index is 0.118. The summed E-state index contributed by atoms with van der Waals surface area (Å²) >= 11 is 0. The smallest absolute Gasteiger partial charge is 0.233 e. The Kier molecular flexibility index (Phi) is 5.60. The Morgan fingerprint density at radius 2 is 1.95 bits per heavy atom. The molecule has 1 aromatic rings. The summed E-state index contributed by atoms with van der Waals surface area (Å²) in [4.78, 5) is 11.5. The van der Waals surface area contributed by atoms with Gasteiger partial charge in [-0.05, 0) is 48.8 Å². The first kappa shape index (κ1) is 15.0. The van der Waals surface area contributed by atoms with Crippen LogP contribution in [-0.4, -0.2) is 25.5 Å². The molecule has 0 atom stereocenters. The summed E-state index contributed by atoms with van der Waals surface area (Å²) in [5, 5.41) is 6.16. The second kappa shape index (κ2) is 7.44. The van der Waals surface area contributed by atoms with Gasteiger partial charge >= 0.3 is 0 Å². The predicted octanol–water partition coefficient (Wildman–Crippen LogP) is 2.47. The zero-order valence-electron chi connectivity index (χ0n) is 12.6. The average molecular weight is 274 g/mol. The lowest BCUT2D eigenvalue weighted by atomic mass is 10.0. The number of amides is 1. The molecule has 3 heteroatoms. The van der Waals surface area contributed by atoms with Crippen LogP contribution in [0, 0.1) is 5.92 Å². The van der Waals surface area contributed by atoms with Gasteiger partial charge in [-0.3, -0.25) is 4.79 Å². The SMILES string of the molecule is CC(C)c1ccc(CCNCC(=O)NCC2CC2)cc1. The highest BCUT2D eigenvalue weighted by Gasteiger charge is 2.21. The summed E-state index contributed by atoms with van der Waals surface area (Å²) in [6.07, 6.45) is 3.52. The lowest BCUT2D eigenvalue weighted by molar-refractivity contribution is -0.120. The third-order valence-corrected chi connectivity index (χ3v) is 3.81. The van der Waals surface area contributed by atoms with E-state index in [1.807, 2.05) is 0 Å². The van der Waals surface area contributed by atoms with E-state index in [0.717, 1.165) is 25.4 Å². The third kappa shape index (κ3) is 5.33. The largest absolute Gasteiger partial charge is 0.355 e. The standard InChI is InChI=1S/C17H26N2O/c1-13(2)16-7-5-14(6-8-16)9-10-18-12-17(20)19-11-15-3-4-15/h5-8,13,15,18H,3-4,9-12H2,1-2H3,(H,19,20). The molecule has 1 aliphatic rings. The topological polar surface area (TPSA) is 41.1 Å². The van der Waals surface area contributed by atoms with Crippen LogP contribution < -0.4 is 10.6 Å². The van der Waals surface area contributed by atoms with Crippen molar-refractivity contribution in [2.45, 2.75) is 39.0 Å². The summed E-state index contributed by atoms with van der Waals surface area (Å²) < 4.78 is 0. The quantitative estimate of drug-likeness (QED) is 0.715. The van der Waals surface area contributed by atoms with E-state index in [1.54, 1.807) is 0 Å². The molecule has 2 N–H and O–H groups in total. The lowest BCUT2D eigenvalue weighted by Gasteiger charge is -2.08. The van der Waals surface area contributed by atoms with Gasteiger partial charge in [0.2, 0.25) is 5.91 Å². The molecular formula is C17H26N2O. The highest BCUT2D eigenvalue weighted by molar-refractivity contribution is 5.77. The lowest BCUT2D eigenvalue weighted by Crippen LogP contribution is -2.35. The van der Waals surface area contributed by atoms with E-state index >= 15 is 0 Å². The van der Waals surface area contributed by atoms with E-state index in [-0.39, 0.29) is 5.91 Å². The van der Waals surface area contributed by atoms with Gasteiger partial charge in [0.1, 0.15) is 0 Å². The van der Waals surface area contributed by atoms with Crippen LogP contribution in [0.2, 0.25) is 0 Å². The van der Waals surface area contributed by atoms with Crippen molar-refractivity contribution in [3.05, 3.63) is 35.4 Å². The Hall–Kier alpha value is -1.35. The van der Waals surface area contributed by atoms with Gasteiger partial charge in [0.25, 0.3) is 0 Å². The summed E-state index contributed by atoms with van der Waals surface area (Å²) in [6, 6.07) is 8.76. The molecule has 0 spiro atoms. The Morgan fingerprint density at radius 1 is 1.25 bits per heavy atom. The molecule has 0 aromatic heterocycles. The Labute approximate surface area is 122 Å². The van der Waals surface area contributed by atoms with E-state index in [2.05, 4.69) is 48.7 Å². The van der Waals surface area contributed by atoms with Crippen LogP contribution in [0.1, 0.15) is 43.7 Å². The summed E-state index contributed by atoms with van der Waals surface area (Å²) in [5.41, 5.74) is 2.70. The van der Waals surface area contributed by atoms with Crippen molar-refractivity contribution < 1.29 is 4.79 Å². The molecule has 0 radical (unpaired) electrons. The van der Waals surface area contributed by atoms with E-state index in [4.69, 9.17) is 0 Å². The normalized spacial score (nSPS) is 14.6. The number of hydrogen-bond donors (Lipinski definition) is 2. The molecule has 1 aliphatic carbocycles. The number of nitrogens with one attached hydrogen (secondary N) is 2. The maximum atomic E-state index is 11.5. The van der Waals surface area contributed by atoms with Crippen molar-refractivity contribution in [2.75, 3.05) is 19.6 Å². The molecule has 110 valence electrons. The van der Waals surface area contributed by atoms with Crippen LogP contribution in [0.5, 0.6) is 0 Å². The number of hydrogen-bond acceptors (Lipinski definition) is 2. The minimum atomic E-state index is 0.118. The number of benzene rings is 1. The zero-order chi connectivity index (χ0) is 14.4. The molecule has 0 aliphatic heterocycles. The van der Waals surface area contributed by atoms with Gasteiger partial charge < -0.3 is 10.6 Å². The molecular weight excluding hydrogens is 248 g/mol. The van der Waals surface area contributed by atoms with Crippen LogP contribution in [0.3, 0.4) is 0 Å². The van der Waals surface area contributed by atoms with Gasteiger partial charge in [0, 0.05) is 6.54 Å². The first-order chi connectivity index (χ1) is 9.65. The fourth-order valence-corrected chi connectivity index (χ4v) is 2.15. The molecule has 20 heavy (non-hydrogen) atoms. The first-order valence-electron chi connectivity index (χ1n) is 7.71. The third-order valence-electron chi connectivity index (χ3n) is 3.81. The molecule has 2 rings (SSSR count). The van der Waals surface area contributed by atoms with Gasteiger partial charge in [0.05, 0.1) is 6.54 Å². The molecule has 1 saturated carbocycles. The van der Waals surface area contributed by atoms with Crippen LogP contribution in [0.15, 0.2) is 24.3 Å². The monoisotopic (exact) mass is 274 g/mol. The first-order valence-corrected chi connectivity index (χ1v) is 7.71. The summed E-state index contributed by atoms with van der Waals surface area (Å²) in [5.74, 6) is 1.45. The van der Waals surface area contributed by atoms with Gasteiger partial charge in [-0.25, -0.2) is 0 Å². The molecule has 1 fully saturated rings. The molecule has 3 nitrogen and oxygen atoms in total. The van der Waals surface area contributed by atoms with Crippen molar-refractivity contribution in [1.82, 2.24) is 10.6 Å². The summed E-state index contributed by atoms with van der Waals surface area (Å²) in [6.45, 7) is 6.54. The van der Waals surface area contributed by atoms with Crippen LogP contribution in [0.25, 0.3) is 0 Å². The Morgan fingerprint density at radius 3 is 2.55 bits per heavy atom. The molecule has 1 amide bonds. The number of carbonyl (C=O) groups is 1. The molecule has 0 bridgehead atoms. The van der Waals surface area contributed by atoms with Gasteiger partial charge in [-0.2, -0.15) is 0 Å². The van der Waals surface area contributed by atoms with Gasteiger partial charge in [-0.1, -0.05) is 38.1 Å². The maximum absolute atomic E-state index is 11.5. The van der Waals surface area contributed by atoms with Crippen molar-refractivity contribution in [3.8, 4) is 0 Å². The predicted molar refractivity (Wildman–Crippen MR) is 82.8 cm³/mol. The molecule has 1 aromatic carbocycles. The van der Waals surface area contributed by atoms with Crippen LogP contribution in [-0.2, 0) is 11.2 Å². The Bertz CT molecular complexity index is 421. The van der Waals surface area contributed by atoms with Crippen LogP contribution >= 0.6 is 0 Å². The van der Waals surface area contributed by atoms with Crippen molar-refractivity contribution in [1.29, 1.82) is 0 Å². The zero-order valence-corrected chi connectivity index (χ0v) is 12.6.